The van der Waals surface area contributed by atoms with Gasteiger partial charge in [0.05, 0.1) is 12.1 Å². The van der Waals surface area contributed by atoms with E-state index in [0.29, 0.717) is 18.0 Å². The van der Waals surface area contributed by atoms with Crippen molar-refractivity contribution in [2.75, 3.05) is 18.9 Å². The summed E-state index contributed by atoms with van der Waals surface area (Å²) in [6.07, 6.45) is 0.295. The monoisotopic (exact) mass is 284 g/mol. The minimum absolute atomic E-state index is 0.0737. The van der Waals surface area contributed by atoms with Crippen molar-refractivity contribution in [2.45, 2.75) is 32.4 Å². The van der Waals surface area contributed by atoms with Crippen LogP contribution in [0, 0.1) is 0 Å². The third-order valence-electron chi connectivity index (χ3n) is 3.05. The van der Waals surface area contributed by atoms with Crippen LogP contribution in [-0.4, -0.2) is 41.7 Å². The number of carbonyl (C=O) groups is 1. The Morgan fingerprint density at radius 1 is 1.37 bits per heavy atom. The van der Waals surface area contributed by atoms with Gasteiger partial charge in [0.1, 0.15) is 0 Å². The number of nitrogens with one attached hydrogen (secondary N) is 1. The van der Waals surface area contributed by atoms with Crippen molar-refractivity contribution >= 4 is 23.2 Å². The van der Waals surface area contributed by atoms with Gasteiger partial charge in [-0.25, -0.2) is 0 Å². The van der Waals surface area contributed by atoms with E-state index in [-0.39, 0.29) is 18.1 Å². The fourth-order valence-corrected chi connectivity index (χ4v) is 1.69. The topological polar surface area (TPSA) is 52.6 Å². The van der Waals surface area contributed by atoms with E-state index in [2.05, 4.69) is 5.32 Å². The number of hydrogen-bond acceptors (Lipinski definition) is 3. The van der Waals surface area contributed by atoms with Gasteiger partial charge in [-0.3, -0.25) is 9.69 Å². The molecule has 0 heterocycles. The summed E-state index contributed by atoms with van der Waals surface area (Å²) in [5.41, 5.74) is 0.727. The Balaban J connectivity index is 2.50. The number of halogens is 1. The Labute approximate surface area is 119 Å². The number of amides is 1. The standard InChI is InChI=1S/C14H21ClN2O2/c1-10(18)8-9-17(3)11(2)14(19)16-13-6-4-12(15)5-7-13/h4-7,10-11,18H,8-9H2,1-3H3,(H,16,19). The van der Waals surface area contributed by atoms with Crippen LogP contribution >= 0.6 is 11.6 Å². The van der Waals surface area contributed by atoms with E-state index in [1.54, 1.807) is 31.2 Å². The average Bonchev–Trinajstić information content (AvgIpc) is 2.37. The zero-order valence-electron chi connectivity index (χ0n) is 11.6. The number of rotatable bonds is 6. The molecule has 106 valence electrons. The molecular formula is C14H21ClN2O2. The number of carbonyl (C=O) groups excluding carboxylic acids is 1. The van der Waals surface area contributed by atoms with Gasteiger partial charge in [0.2, 0.25) is 5.91 Å². The molecule has 0 saturated heterocycles. The molecule has 0 saturated carbocycles. The predicted molar refractivity (Wildman–Crippen MR) is 78.5 cm³/mol. The van der Waals surface area contributed by atoms with Crippen LogP contribution < -0.4 is 5.32 Å². The van der Waals surface area contributed by atoms with E-state index < -0.39 is 0 Å². The Morgan fingerprint density at radius 2 is 1.95 bits per heavy atom. The molecule has 2 unspecified atom stereocenters. The molecule has 4 nitrogen and oxygen atoms in total. The van der Waals surface area contributed by atoms with Crippen LogP contribution in [0.2, 0.25) is 5.02 Å². The first kappa shape index (κ1) is 16.0. The molecule has 0 fully saturated rings. The van der Waals surface area contributed by atoms with E-state index in [9.17, 15) is 9.90 Å². The first-order valence-electron chi connectivity index (χ1n) is 6.35. The minimum Gasteiger partial charge on any atom is -0.393 e. The molecule has 0 aliphatic carbocycles. The summed E-state index contributed by atoms with van der Waals surface area (Å²) < 4.78 is 0. The minimum atomic E-state index is -0.353. The molecule has 0 spiro atoms. The number of likely N-dealkylation sites (N-methyl/N-ethyl adjacent to an activating group) is 1. The molecule has 1 aromatic rings. The average molecular weight is 285 g/mol. The Morgan fingerprint density at radius 3 is 2.47 bits per heavy atom. The van der Waals surface area contributed by atoms with Gasteiger partial charge in [0.15, 0.2) is 0 Å². The zero-order chi connectivity index (χ0) is 14.4. The zero-order valence-corrected chi connectivity index (χ0v) is 12.3. The highest BCUT2D eigenvalue weighted by Crippen LogP contribution is 2.14. The second-order valence-electron chi connectivity index (χ2n) is 4.79. The number of aliphatic hydroxyl groups is 1. The predicted octanol–water partition coefficient (Wildman–Crippen LogP) is 2.37. The second-order valence-corrected chi connectivity index (χ2v) is 5.23. The van der Waals surface area contributed by atoms with Gasteiger partial charge >= 0.3 is 0 Å². The molecule has 2 N–H and O–H groups in total. The van der Waals surface area contributed by atoms with Crippen molar-refractivity contribution in [3.05, 3.63) is 29.3 Å². The van der Waals surface area contributed by atoms with Crippen LogP contribution in [-0.2, 0) is 4.79 Å². The van der Waals surface area contributed by atoms with Gasteiger partial charge in [-0.05, 0) is 51.6 Å². The fourth-order valence-electron chi connectivity index (χ4n) is 1.56. The largest absolute Gasteiger partial charge is 0.393 e. The smallest absolute Gasteiger partial charge is 0.241 e. The summed E-state index contributed by atoms with van der Waals surface area (Å²) in [5, 5.41) is 12.7. The molecule has 1 rings (SSSR count). The highest BCUT2D eigenvalue weighted by Gasteiger charge is 2.18. The maximum absolute atomic E-state index is 12.0. The maximum Gasteiger partial charge on any atom is 0.241 e. The van der Waals surface area contributed by atoms with E-state index in [0.717, 1.165) is 5.69 Å². The number of hydrogen-bond donors (Lipinski definition) is 2. The van der Waals surface area contributed by atoms with Gasteiger partial charge in [0.25, 0.3) is 0 Å². The molecule has 1 amide bonds. The maximum atomic E-state index is 12.0. The third-order valence-corrected chi connectivity index (χ3v) is 3.30. The van der Waals surface area contributed by atoms with Gasteiger partial charge in [-0.15, -0.1) is 0 Å². The molecule has 0 aromatic heterocycles. The molecule has 0 radical (unpaired) electrons. The normalized spacial score (nSPS) is 14.2. The summed E-state index contributed by atoms with van der Waals surface area (Å²) in [6.45, 7) is 4.26. The van der Waals surface area contributed by atoms with E-state index >= 15 is 0 Å². The van der Waals surface area contributed by atoms with Gasteiger partial charge < -0.3 is 10.4 Å². The third kappa shape index (κ3) is 5.59. The summed E-state index contributed by atoms with van der Waals surface area (Å²) in [4.78, 5) is 13.9. The molecule has 19 heavy (non-hydrogen) atoms. The SMILES string of the molecule is CC(O)CCN(C)C(C)C(=O)Nc1ccc(Cl)cc1. The van der Waals surface area contributed by atoms with Crippen LogP contribution in [0.15, 0.2) is 24.3 Å². The second kappa shape index (κ2) is 7.48. The van der Waals surface area contributed by atoms with Gasteiger partial charge in [-0.2, -0.15) is 0 Å². The van der Waals surface area contributed by atoms with Crippen molar-refractivity contribution in [1.82, 2.24) is 4.90 Å². The molecule has 0 bridgehead atoms. The summed E-state index contributed by atoms with van der Waals surface area (Å²) in [7, 11) is 1.87. The summed E-state index contributed by atoms with van der Waals surface area (Å²) in [6, 6.07) is 6.75. The summed E-state index contributed by atoms with van der Waals surface area (Å²) >= 11 is 5.79. The molecule has 0 aliphatic heterocycles. The highest BCUT2D eigenvalue weighted by molar-refractivity contribution is 6.30. The molecule has 2 atom stereocenters. The Bertz CT molecular complexity index is 406. The van der Waals surface area contributed by atoms with Crippen molar-refractivity contribution in [2.24, 2.45) is 0 Å². The fraction of sp³-hybridized carbons (Fsp3) is 0.500. The van der Waals surface area contributed by atoms with Crippen molar-refractivity contribution in [3.63, 3.8) is 0 Å². The van der Waals surface area contributed by atoms with E-state index in [4.69, 9.17) is 11.6 Å². The van der Waals surface area contributed by atoms with Gasteiger partial charge in [0, 0.05) is 17.3 Å². The summed E-state index contributed by atoms with van der Waals surface area (Å²) in [5.74, 6) is -0.0737. The van der Waals surface area contributed by atoms with E-state index in [1.165, 1.54) is 0 Å². The van der Waals surface area contributed by atoms with Crippen LogP contribution in [0.3, 0.4) is 0 Å². The van der Waals surface area contributed by atoms with Crippen LogP contribution in [0.25, 0.3) is 0 Å². The lowest BCUT2D eigenvalue weighted by atomic mass is 10.2. The van der Waals surface area contributed by atoms with Crippen LogP contribution in [0.5, 0.6) is 0 Å². The molecular weight excluding hydrogens is 264 g/mol. The number of benzene rings is 1. The van der Waals surface area contributed by atoms with Crippen LogP contribution in [0.4, 0.5) is 5.69 Å². The quantitative estimate of drug-likeness (QED) is 0.843. The highest BCUT2D eigenvalue weighted by atomic mass is 35.5. The van der Waals surface area contributed by atoms with Crippen molar-refractivity contribution < 1.29 is 9.90 Å². The van der Waals surface area contributed by atoms with Crippen molar-refractivity contribution in [1.29, 1.82) is 0 Å². The van der Waals surface area contributed by atoms with Crippen molar-refractivity contribution in [3.8, 4) is 0 Å². The lowest BCUT2D eigenvalue weighted by Gasteiger charge is -2.24. The molecule has 5 heteroatoms. The first-order valence-corrected chi connectivity index (χ1v) is 6.72. The van der Waals surface area contributed by atoms with Gasteiger partial charge in [-0.1, -0.05) is 11.6 Å². The Kier molecular flexibility index (Phi) is 6.28. The molecule has 0 aliphatic rings. The lowest BCUT2D eigenvalue weighted by molar-refractivity contribution is -0.120. The first-order chi connectivity index (χ1) is 8.90. The van der Waals surface area contributed by atoms with Crippen LogP contribution in [0.1, 0.15) is 20.3 Å². The van der Waals surface area contributed by atoms with E-state index in [1.807, 2.05) is 18.9 Å². The molecule has 1 aromatic carbocycles. The Hall–Kier alpha value is -1.10. The number of anilines is 1. The number of nitrogens with zero attached hydrogens (tertiary/aromatic N) is 1. The number of aliphatic hydroxyl groups excluding tert-OH is 1. The lowest BCUT2D eigenvalue weighted by Crippen LogP contribution is -2.40.